The molecule has 0 atom stereocenters. The summed E-state index contributed by atoms with van der Waals surface area (Å²) in [6, 6.07) is 14.9. The largest absolute Gasteiger partial charge is 0.486 e. The second-order valence-corrected chi connectivity index (χ2v) is 6.67. The van der Waals surface area contributed by atoms with Crippen LogP contribution in [0.5, 0.6) is 11.5 Å². The number of anilines is 2. The molecule has 7 nitrogen and oxygen atoms in total. The highest BCUT2D eigenvalue weighted by Crippen LogP contribution is 2.31. The van der Waals surface area contributed by atoms with Crippen molar-refractivity contribution in [2.75, 3.05) is 49.7 Å². The fourth-order valence-corrected chi connectivity index (χ4v) is 3.24. The molecule has 1 fully saturated rings. The van der Waals surface area contributed by atoms with Crippen molar-refractivity contribution < 1.29 is 19.0 Å². The van der Waals surface area contributed by atoms with E-state index in [2.05, 4.69) is 10.2 Å². The standard InChI is InChI=1S/C22H21N3O4/c23-15-17(13-16-1-6-20-21(14-16)29-12-11-28-20)22(26)24-18-2-4-19(5-3-18)25-7-9-27-10-8-25/h1-6,13-14H,7-12H2,(H,24,26). The van der Waals surface area contributed by atoms with Crippen LogP contribution >= 0.6 is 0 Å². The molecule has 0 radical (unpaired) electrons. The summed E-state index contributed by atoms with van der Waals surface area (Å²) in [5, 5.41) is 12.2. The van der Waals surface area contributed by atoms with Gasteiger partial charge in [0, 0.05) is 24.5 Å². The van der Waals surface area contributed by atoms with E-state index in [1.54, 1.807) is 18.2 Å². The summed E-state index contributed by atoms with van der Waals surface area (Å²) in [5.74, 6) is 0.819. The van der Waals surface area contributed by atoms with Crippen LogP contribution < -0.4 is 19.7 Å². The predicted molar refractivity (Wildman–Crippen MR) is 109 cm³/mol. The molecule has 2 aliphatic rings. The van der Waals surface area contributed by atoms with Gasteiger partial charge in [0.2, 0.25) is 0 Å². The first kappa shape index (κ1) is 18.8. The van der Waals surface area contributed by atoms with Crippen molar-refractivity contribution in [3.05, 3.63) is 53.6 Å². The van der Waals surface area contributed by atoms with Gasteiger partial charge in [0.15, 0.2) is 11.5 Å². The molecule has 2 aromatic carbocycles. The smallest absolute Gasteiger partial charge is 0.266 e. The lowest BCUT2D eigenvalue weighted by molar-refractivity contribution is -0.112. The SMILES string of the molecule is N#CC(=Cc1ccc2c(c1)OCCO2)C(=O)Nc1ccc(N2CCOCC2)cc1. The summed E-state index contributed by atoms with van der Waals surface area (Å²) in [6.07, 6.45) is 1.54. The number of nitrogens with one attached hydrogen (secondary N) is 1. The summed E-state index contributed by atoms with van der Waals surface area (Å²) in [4.78, 5) is 14.8. The van der Waals surface area contributed by atoms with Crippen molar-refractivity contribution in [1.29, 1.82) is 5.26 Å². The monoisotopic (exact) mass is 391 g/mol. The number of morpholine rings is 1. The average Bonchev–Trinajstić information content (AvgIpc) is 2.78. The van der Waals surface area contributed by atoms with Gasteiger partial charge >= 0.3 is 0 Å². The van der Waals surface area contributed by atoms with E-state index < -0.39 is 5.91 Å². The predicted octanol–water partition coefficient (Wildman–Crippen LogP) is 2.84. The molecule has 2 aliphatic heterocycles. The Balaban J connectivity index is 1.45. The number of carbonyl (C=O) groups excluding carboxylic acids is 1. The molecule has 7 heteroatoms. The number of nitriles is 1. The Labute approximate surface area is 169 Å². The summed E-state index contributed by atoms with van der Waals surface area (Å²) >= 11 is 0. The molecule has 0 saturated carbocycles. The van der Waals surface area contributed by atoms with Gasteiger partial charge < -0.3 is 24.4 Å². The summed E-state index contributed by atoms with van der Waals surface area (Å²) < 4.78 is 16.4. The van der Waals surface area contributed by atoms with E-state index in [0.29, 0.717) is 49.2 Å². The van der Waals surface area contributed by atoms with E-state index in [0.717, 1.165) is 18.8 Å². The number of hydrogen-bond donors (Lipinski definition) is 1. The number of carbonyl (C=O) groups is 1. The molecular formula is C22H21N3O4. The number of amides is 1. The number of nitrogens with zero attached hydrogens (tertiary/aromatic N) is 2. The molecule has 1 saturated heterocycles. The zero-order valence-corrected chi connectivity index (χ0v) is 15.9. The second-order valence-electron chi connectivity index (χ2n) is 6.67. The van der Waals surface area contributed by atoms with Crippen molar-refractivity contribution >= 4 is 23.4 Å². The maximum Gasteiger partial charge on any atom is 0.266 e. The summed E-state index contributed by atoms with van der Waals surface area (Å²) in [7, 11) is 0. The van der Waals surface area contributed by atoms with Crippen molar-refractivity contribution in [2.24, 2.45) is 0 Å². The van der Waals surface area contributed by atoms with E-state index >= 15 is 0 Å². The lowest BCUT2D eigenvalue weighted by Crippen LogP contribution is -2.36. The van der Waals surface area contributed by atoms with Gasteiger partial charge in [-0.3, -0.25) is 4.79 Å². The zero-order valence-electron chi connectivity index (χ0n) is 15.9. The molecule has 0 aliphatic carbocycles. The first-order chi connectivity index (χ1) is 14.2. The van der Waals surface area contributed by atoms with Crippen molar-refractivity contribution in [1.82, 2.24) is 0 Å². The fraction of sp³-hybridized carbons (Fsp3) is 0.273. The Hall–Kier alpha value is -3.50. The lowest BCUT2D eigenvalue weighted by Gasteiger charge is -2.28. The summed E-state index contributed by atoms with van der Waals surface area (Å²) in [6.45, 7) is 4.12. The van der Waals surface area contributed by atoms with Crippen LogP contribution in [0.3, 0.4) is 0 Å². The molecule has 2 heterocycles. The molecule has 0 unspecified atom stereocenters. The first-order valence-corrected chi connectivity index (χ1v) is 9.48. The third kappa shape index (κ3) is 4.50. The van der Waals surface area contributed by atoms with Crippen LogP contribution in [0.2, 0.25) is 0 Å². The van der Waals surface area contributed by atoms with Crippen molar-refractivity contribution in [3.63, 3.8) is 0 Å². The van der Waals surface area contributed by atoms with E-state index in [1.807, 2.05) is 30.3 Å². The molecule has 1 N–H and O–H groups in total. The van der Waals surface area contributed by atoms with E-state index in [4.69, 9.17) is 14.2 Å². The molecule has 148 valence electrons. The minimum atomic E-state index is -0.457. The van der Waals surface area contributed by atoms with Crippen molar-refractivity contribution in [3.8, 4) is 17.6 Å². The third-order valence-electron chi connectivity index (χ3n) is 4.74. The van der Waals surface area contributed by atoms with Gasteiger partial charge in [-0.25, -0.2) is 0 Å². The fourth-order valence-electron chi connectivity index (χ4n) is 3.24. The highest BCUT2D eigenvalue weighted by Gasteiger charge is 2.14. The lowest BCUT2D eigenvalue weighted by atomic mass is 10.1. The van der Waals surface area contributed by atoms with Gasteiger partial charge in [-0.15, -0.1) is 0 Å². The van der Waals surface area contributed by atoms with Gasteiger partial charge in [-0.05, 0) is 48.0 Å². The second kappa shape index (κ2) is 8.67. The van der Waals surface area contributed by atoms with E-state index in [1.165, 1.54) is 6.08 Å². The maximum atomic E-state index is 12.5. The first-order valence-electron chi connectivity index (χ1n) is 9.48. The van der Waals surface area contributed by atoms with Crippen LogP contribution in [0, 0.1) is 11.3 Å². The Morgan fingerprint density at radius 1 is 1.00 bits per heavy atom. The topological polar surface area (TPSA) is 83.8 Å². The number of benzene rings is 2. The van der Waals surface area contributed by atoms with Gasteiger partial charge in [-0.2, -0.15) is 5.26 Å². The highest BCUT2D eigenvalue weighted by molar-refractivity contribution is 6.09. The molecule has 0 spiro atoms. The number of rotatable bonds is 4. The van der Waals surface area contributed by atoms with Gasteiger partial charge in [0.25, 0.3) is 5.91 Å². The minimum Gasteiger partial charge on any atom is -0.486 e. The summed E-state index contributed by atoms with van der Waals surface area (Å²) in [5.41, 5.74) is 2.43. The number of ether oxygens (including phenoxy) is 3. The number of hydrogen-bond acceptors (Lipinski definition) is 6. The molecule has 0 bridgehead atoms. The highest BCUT2D eigenvalue weighted by atomic mass is 16.6. The Morgan fingerprint density at radius 2 is 1.72 bits per heavy atom. The van der Waals surface area contributed by atoms with Crippen LogP contribution in [0.25, 0.3) is 6.08 Å². The molecule has 1 amide bonds. The van der Waals surface area contributed by atoms with Crippen LogP contribution in [0.15, 0.2) is 48.0 Å². The van der Waals surface area contributed by atoms with E-state index in [9.17, 15) is 10.1 Å². The van der Waals surface area contributed by atoms with Crippen LogP contribution in [0.1, 0.15) is 5.56 Å². The Morgan fingerprint density at radius 3 is 2.45 bits per heavy atom. The Bertz CT molecular complexity index is 957. The van der Waals surface area contributed by atoms with Crippen LogP contribution in [0.4, 0.5) is 11.4 Å². The van der Waals surface area contributed by atoms with Gasteiger partial charge in [0.05, 0.1) is 13.2 Å². The van der Waals surface area contributed by atoms with E-state index in [-0.39, 0.29) is 5.57 Å². The molecule has 4 rings (SSSR count). The van der Waals surface area contributed by atoms with Gasteiger partial charge in [0.1, 0.15) is 24.9 Å². The quantitative estimate of drug-likeness (QED) is 0.637. The van der Waals surface area contributed by atoms with Crippen molar-refractivity contribution in [2.45, 2.75) is 0 Å². The molecule has 29 heavy (non-hydrogen) atoms. The number of fused-ring (bicyclic) bond motifs is 1. The maximum absolute atomic E-state index is 12.5. The molecule has 2 aromatic rings. The van der Waals surface area contributed by atoms with Crippen LogP contribution in [-0.4, -0.2) is 45.4 Å². The average molecular weight is 391 g/mol. The third-order valence-corrected chi connectivity index (χ3v) is 4.74. The normalized spacial score (nSPS) is 16.1. The van der Waals surface area contributed by atoms with Crippen LogP contribution in [-0.2, 0) is 9.53 Å². The van der Waals surface area contributed by atoms with Gasteiger partial charge in [-0.1, -0.05) is 6.07 Å². The Kier molecular flexibility index (Phi) is 5.63. The molecule has 0 aromatic heterocycles. The molecular weight excluding hydrogens is 370 g/mol. The zero-order chi connectivity index (χ0) is 20.1. The minimum absolute atomic E-state index is 0.0129.